The van der Waals surface area contributed by atoms with Gasteiger partial charge in [-0.15, -0.1) is 0 Å². The highest BCUT2D eigenvalue weighted by atomic mass is 19.1. The molecule has 2 atom stereocenters. The molecule has 1 amide bonds. The van der Waals surface area contributed by atoms with Crippen molar-refractivity contribution in [3.8, 4) is 0 Å². The minimum absolute atomic E-state index is 0.0449. The Morgan fingerprint density at radius 2 is 2.12 bits per heavy atom. The van der Waals surface area contributed by atoms with Crippen molar-refractivity contribution >= 4 is 28.0 Å². The third-order valence-electron chi connectivity index (χ3n) is 5.37. The lowest BCUT2D eigenvalue weighted by Crippen LogP contribution is -2.58. The second-order valence-electron chi connectivity index (χ2n) is 6.88. The Bertz CT molecular complexity index is 1100. The molecule has 2 aliphatic heterocycles. The number of hydrogen-bond donors (Lipinski definition) is 0. The number of hydrogen-bond acceptors (Lipinski definition) is 5. The SMILES string of the molecule is CN1Cc2nc3c(oc4ccccc43)c(=O)n2C2C(CN2CCF)C1=O. The lowest BCUT2D eigenvalue weighted by molar-refractivity contribution is -0.148. The molecule has 7 nitrogen and oxygen atoms in total. The second kappa shape index (κ2) is 5.38. The lowest BCUT2D eigenvalue weighted by Gasteiger charge is -2.46. The van der Waals surface area contributed by atoms with E-state index in [4.69, 9.17) is 4.42 Å². The van der Waals surface area contributed by atoms with Crippen molar-refractivity contribution in [2.24, 2.45) is 5.92 Å². The fourth-order valence-electron chi connectivity index (χ4n) is 4.11. The zero-order chi connectivity index (χ0) is 18.0. The first-order chi connectivity index (χ1) is 12.6. The molecule has 2 unspecified atom stereocenters. The minimum Gasteiger partial charge on any atom is -0.448 e. The number of likely N-dealkylation sites (tertiary alicyclic amines) is 1. The van der Waals surface area contributed by atoms with Crippen molar-refractivity contribution in [2.45, 2.75) is 12.7 Å². The molecule has 1 saturated heterocycles. The van der Waals surface area contributed by atoms with E-state index in [2.05, 4.69) is 4.98 Å². The number of benzene rings is 1. The highest BCUT2D eigenvalue weighted by Crippen LogP contribution is 2.38. The molecule has 0 radical (unpaired) electrons. The predicted octanol–water partition coefficient (Wildman–Crippen LogP) is 1.51. The topological polar surface area (TPSA) is 71.6 Å². The zero-order valence-electron chi connectivity index (χ0n) is 14.2. The molecule has 0 aliphatic carbocycles. The maximum Gasteiger partial charge on any atom is 0.298 e. The average molecular weight is 356 g/mol. The van der Waals surface area contributed by atoms with Crippen molar-refractivity contribution in [3.63, 3.8) is 0 Å². The number of nitrogens with zero attached hydrogens (tertiary/aromatic N) is 4. The van der Waals surface area contributed by atoms with Gasteiger partial charge in [-0.3, -0.25) is 19.1 Å². The number of alkyl halides is 1. The van der Waals surface area contributed by atoms with E-state index in [0.29, 0.717) is 23.5 Å². The molecule has 134 valence electrons. The smallest absolute Gasteiger partial charge is 0.298 e. The van der Waals surface area contributed by atoms with E-state index in [1.807, 2.05) is 23.1 Å². The van der Waals surface area contributed by atoms with Gasteiger partial charge in [-0.1, -0.05) is 12.1 Å². The van der Waals surface area contributed by atoms with E-state index in [1.165, 1.54) is 4.57 Å². The van der Waals surface area contributed by atoms with E-state index >= 15 is 0 Å². The molecule has 2 aromatic heterocycles. The zero-order valence-corrected chi connectivity index (χ0v) is 14.2. The first kappa shape index (κ1) is 15.5. The average Bonchev–Trinajstić information content (AvgIpc) is 2.96. The van der Waals surface area contributed by atoms with Gasteiger partial charge in [-0.25, -0.2) is 9.37 Å². The van der Waals surface area contributed by atoms with Crippen molar-refractivity contribution in [2.75, 3.05) is 26.8 Å². The number of halogens is 1. The number of carbonyl (C=O) groups is 1. The van der Waals surface area contributed by atoms with Crippen LogP contribution in [0.5, 0.6) is 0 Å². The van der Waals surface area contributed by atoms with E-state index in [9.17, 15) is 14.0 Å². The van der Waals surface area contributed by atoms with Crippen LogP contribution in [0, 0.1) is 5.92 Å². The van der Waals surface area contributed by atoms with Gasteiger partial charge in [0, 0.05) is 25.5 Å². The third-order valence-corrected chi connectivity index (χ3v) is 5.37. The summed E-state index contributed by atoms with van der Waals surface area (Å²) in [5, 5.41) is 0.770. The summed E-state index contributed by atoms with van der Waals surface area (Å²) in [5.74, 6) is 0.0894. The van der Waals surface area contributed by atoms with E-state index in [0.717, 1.165) is 5.39 Å². The van der Waals surface area contributed by atoms with Crippen LogP contribution < -0.4 is 5.56 Å². The summed E-state index contributed by atoms with van der Waals surface area (Å²) < 4.78 is 20.2. The number of rotatable bonds is 2. The molecule has 1 fully saturated rings. The molecule has 0 saturated carbocycles. The Morgan fingerprint density at radius 1 is 1.31 bits per heavy atom. The second-order valence-corrected chi connectivity index (χ2v) is 6.88. The minimum atomic E-state index is -0.530. The first-order valence-electron chi connectivity index (χ1n) is 8.58. The fraction of sp³-hybridized carbons (Fsp3) is 0.389. The molecular formula is C18H17FN4O3. The molecule has 0 N–H and O–H groups in total. The molecule has 0 spiro atoms. The Labute approximate surface area is 147 Å². The summed E-state index contributed by atoms with van der Waals surface area (Å²) in [6, 6.07) is 7.36. The molecule has 8 heteroatoms. The van der Waals surface area contributed by atoms with Crippen LogP contribution in [0.15, 0.2) is 33.5 Å². The first-order valence-corrected chi connectivity index (χ1v) is 8.58. The number of furan rings is 1. The van der Waals surface area contributed by atoms with Gasteiger partial charge in [0.05, 0.1) is 12.5 Å². The monoisotopic (exact) mass is 356 g/mol. The van der Waals surface area contributed by atoms with Gasteiger partial charge in [-0.2, -0.15) is 0 Å². The van der Waals surface area contributed by atoms with Gasteiger partial charge in [-0.05, 0) is 12.1 Å². The van der Waals surface area contributed by atoms with E-state index in [-0.39, 0.29) is 36.1 Å². The summed E-state index contributed by atoms with van der Waals surface area (Å²) >= 11 is 0. The number of fused-ring (bicyclic) bond motifs is 6. The largest absolute Gasteiger partial charge is 0.448 e. The summed E-state index contributed by atoms with van der Waals surface area (Å²) in [6.45, 7) is 0.335. The van der Waals surface area contributed by atoms with E-state index < -0.39 is 12.8 Å². The van der Waals surface area contributed by atoms with Crippen molar-refractivity contribution < 1.29 is 13.6 Å². The molecule has 2 aliphatic rings. The van der Waals surface area contributed by atoms with Crippen LogP contribution in [0.3, 0.4) is 0 Å². The van der Waals surface area contributed by atoms with Crippen molar-refractivity contribution in [3.05, 3.63) is 40.4 Å². The van der Waals surface area contributed by atoms with Gasteiger partial charge in [0.1, 0.15) is 29.8 Å². The Hall–Kier alpha value is -2.74. The Balaban J connectivity index is 1.80. The van der Waals surface area contributed by atoms with Crippen molar-refractivity contribution in [1.82, 2.24) is 19.4 Å². The Kier molecular flexibility index (Phi) is 3.21. The number of carbonyl (C=O) groups excluding carboxylic acids is 1. The van der Waals surface area contributed by atoms with Gasteiger partial charge in [0.2, 0.25) is 11.5 Å². The van der Waals surface area contributed by atoms with Crippen LogP contribution in [0.2, 0.25) is 0 Å². The quantitative estimate of drug-likeness (QED) is 0.696. The molecule has 1 aromatic carbocycles. The lowest BCUT2D eigenvalue weighted by atomic mass is 9.93. The van der Waals surface area contributed by atoms with Crippen LogP contribution in [-0.2, 0) is 11.3 Å². The maximum atomic E-state index is 13.2. The van der Waals surface area contributed by atoms with Crippen LogP contribution in [0.25, 0.3) is 22.1 Å². The van der Waals surface area contributed by atoms with Gasteiger partial charge >= 0.3 is 0 Å². The summed E-state index contributed by atoms with van der Waals surface area (Å²) in [5.41, 5.74) is 0.969. The summed E-state index contributed by atoms with van der Waals surface area (Å²) in [6.07, 6.45) is -0.504. The maximum absolute atomic E-state index is 13.2. The molecule has 3 aromatic rings. The number of para-hydroxylation sites is 1. The standard InChI is InChI=1S/C18H17FN4O3/c1-21-9-13-20-14-10-4-2-3-5-12(10)26-15(14)18(25)23(13)16-11(17(21)24)8-22(16)7-6-19/h2-5,11,16H,6-9H2,1H3. The molecular weight excluding hydrogens is 339 g/mol. The van der Waals surface area contributed by atoms with Crippen LogP contribution in [-0.4, -0.2) is 52.1 Å². The molecule has 5 rings (SSSR count). The normalized spacial score (nSPS) is 23.0. The van der Waals surface area contributed by atoms with Crippen LogP contribution in [0.1, 0.15) is 12.0 Å². The summed E-state index contributed by atoms with van der Waals surface area (Å²) in [4.78, 5) is 33.9. The molecule has 26 heavy (non-hydrogen) atoms. The number of amides is 1. The van der Waals surface area contributed by atoms with Gasteiger partial charge in [0.15, 0.2) is 0 Å². The van der Waals surface area contributed by atoms with Crippen LogP contribution in [0.4, 0.5) is 4.39 Å². The Morgan fingerprint density at radius 3 is 2.92 bits per heavy atom. The van der Waals surface area contributed by atoms with E-state index in [1.54, 1.807) is 18.0 Å². The highest BCUT2D eigenvalue weighted by Gasteiger charge is 2.49. The highest BCUT2D eigenvalue weighted by molar-refractivity contribution is 6.01. The van der Waals surface area contributed by atoms with Gasteiger partial charge in [0.25, 0.3) is 5.56 Å². The number of aromatic nitrogens is 2. The predicted molar refractivity (Wildman–Crippen MR) is 92.3 cm³/mol. The van der Waals surface area contributed by atoms with Crippen molar-refractivity contribution in [1.29, 1.82) is 0 Å². The molecule has 4 heterocycles. The third kappa shape index (κ3) is 1.93. The van der Waals surface area contributed by atoms with Gasteiger partial charge < -0.3 is 9.32 Å². The molecule has 0 bridgehead atoms. The summed E-state index contributed by atoms with van der Waals surface area (Å²) in [7, 11) is 1.71. The fourth-order valence-corrected chi connectivity index (χ4v) is 4.11. The van der Waals surface area contributed by atoms with Crippen LogP contribution >= 0.6 is 0 Å².